The van der Waals surface area contributed by atoms with E-state index in [4.69, 9.17) is 4.74 Å². The molecule has 2 atom stereocenters. The van der Waals surface area contributed by atoms with Gasteiger partial charge in [-0.15, -0.1) is 0 Å². The summed E-state index contributed by atoms with van der Waals surface area (Å²) in [5, 5.41) is 3.18. The number of benzene rings is 1. The van der Waals surface area contributed by atoms with Crippen LogP contribution in [0.3, 0.4) is 0 Å². The van der Waals surface area contributed by atoms with Crippen LogP contribution in [0.15, 0.2) is 12.1 Å². The zero-order valence-corrected chi connectivity index (χ0v) is 10.2. The summed E-state index contributed by atoms with van der Waals surface area (Å²) in [6.07, 6.45) is 1.32. The molecule has 18 heavy (non-hydrogen) atoms. The van der Waals surface area contributed by atoms with E-state index in [0.717, 1.165) is 19.5 Å². The smallest absolute Gasteiger partial charge is 0.191 e. The van der Waals surface area contributed by atoms with Gasteiger partial charge in [0.1, 0.15) is 11.9 Å². The fraction of sp³-hybridized carbons (Fsp3) is 0.538. The molecule has 0 spiro atoms. The molecule has 1 fully saturated rings. The Morgan fingerprint density at radius 1 is 1.33 bits per heavy atom. The minimum atomic E-state index is -0.989. The van der Waals surface area contributed by atoms with Crippen LogP contribution in [0.25, 0.3) is 0 Å². The molecule has 0 unspecified atom stereocenters. The molecule has 1 aromatic carbocycles. The molecular formula is C13H16F3NO. The lowest BCUT2D eigenvalue weighted by molar-refractivity contribution is 0.126. The first-order chi connectivity index (χ1) is 8.61. The molecule has 0 aliphatic carbocycles. The van der Waals surface area contributed by atoms with Crippen molar-refractivity contribution in [2.45, 2.75) is 25.9 Å². The van der Waals surface area contributed by atoms with Crippen LogP contribution in [-0.4, -0.2) is 19.2 Å². The van der Waals surface area contributed by atoms with Gasteiger partial charge >= 0.3 is 0 Å². The van der Waals surface area contributed by atoms with E-state index in [1.165, 1.54) is 0 Å². The summed E-state index contributed by atoms with van der Waals surface area (Å²) in [4.78, 5) is 0. The maximum atomic E-state index is 13.5. The monoisotopic (exact) mass is 259 g/mol. The molecule has 1 saturated heterocycles. The number of nitrogens with one attached hydrogen (secondary N) is 1. The molecule has 0 amide bonds. The van der Waals surface area contributed by atoms with Crippen molar-refractivity contribution in [1.82, 2.24) is 5.32 Å². The van der Waals surface area contributed by atoms with E-state index in [1.54, 1.807) is 0 Å². The predicted molar refractivity (Wildman–Crippen MR) is 62.0 cm³/mol. The van der Waals surface area contributed by atoms with E-state index < -0.39 is 23.2 Å². The van der Waals surface area contributed by atoms with E-state index in [0.29, 0.717) is 18.6 Å². The minimum Gasteiger partial charge on any atom is -0.484 e. The van der Waals surface area contributed by atoms with Gasteiger partial charge in [0, 0.05) is 24.6 Å². The van der Waals surface area contributed by atoms with Crippen LogP contribution < -0.4 is 10.1 Å². The average Bonchev–Trinajstić information content (AvgIpc) is 2.81. The topological polar surface area (TPSA) is 21.3 Å². The number of halogens is 3. The van der Waals surface area contributed by atoms with Crippen molar-refractivity contribution in [1.29, 1.82) is 0 Å². The average molecular weight is 259 g/mol. The van der Waals surface area contributed by atoms with Gasteiger partial charge < -0.3 is 10.1 Å². The molecule has 1 N–H and O–H groups in total. The van der Waals surface area contributed by atoms with Gasteiger partial charge in [-0.05, 0) is 19.4 Å². The lowest BCUT2D eigenvalue weighted by Gasteiger charge is -2.23. The lowest BCUT2D eigenvalue weighted by atomic mass is 9.99. The molecule has 0 bridgehead atoms. The molecule has 0 saturated carbocycles. The van der Waals surface area contributed by atoms with E-state index in [2.05, 4.69) is 5.32 Å². The summed E-state index contributed by atoms with van der Waals surface area (Å²) < 4.78 is 45.1. The van der Waals surface area contributed by atoms with Gasteiger partial charge in [0.05, 0.1) is 0 Å². The molecule has 1 aliphatic heterocycles. The second-order valence-electron chi connectivity index (χ2n) is 4.52. The highest BCUT2D eigenvalue weighted by Gasteiger charge is 2.27. The number of hydrogen-bond donors (Lipinski definition) is 1. The van der Waals surface area contributed by atoms with Gasteiger partial charge in [-0.3, -0.25) is 0 Å². The van der Waals surface area contributed by atoms with E-state index in [-0.39, 0.29) is 12.0 Å². The third-order valence-corrected chi connectivity index (χ3v) is 3.26. The van der Waals surface area contributed by atoms with Crippen LogP contribution in [0.2, 0.25) is 0 Å². The molecule has 1 aromatic rings. The van der Waals surface area contributed by atoms with E-state index in [9.17, 15) is 13.2 Å². The first kappa shape index (κ1) is 13.2. The van der Waals surface area contributed by atoms with Crippen LogP contribution >= 0.6 is 0 Å². The first-order valence-electron chi connectivity index (χ1n) is 6.13. The van der Waals surface area contributed by atoms with Gasteiger partial charge in [0.25, 0.3) is 0 Å². The summed E-state index contributed by atoms with van der Waals surface area (Å²) in [6.45, 7) is 3.57. The normalized spacial score (nSPS) is 21.0. The summed E-state index contributed by atoms with van der Waals surface area (Å²) in [6, 6.07) is 1.27. The minimum absolute atomic E-state index is 0.235. The molecule has 2 rings (SSSR count). The van der Waals surface area contributed by atoms with Gasteiger partial charge in [0.15, 0.2) is 17.4 Å². The zero-order valence-electron chi connectivity index (χ0n) is 10.2. The number of rotatable bonds is 4. The van der Waals surface area contributed by atoms with Gasteiger partial charge in [-0.2, -0.15) is 0 Å². The molecule has 0 radical (unpaired) electrons. The lowest BCUT2D eigenvalue weighted by Crippen LogP contribution is -2.28. The summed E-state index contributed by atoms with van der Waals surface area (Å²) in [5.41, 5.74) is 0. The Kier molecular flexibility index (Phi) is 4.11. The highest BCUT2D eigenvalue weighted by atomic mass is 19.1. The maximum Gasteiger partial charge on any atom is 0.191 e. The number of ether oxygens (including phenoxy) is 1. The summed E-state index contributed by atoms with van der Waals surface area (Å²) in [7, 11) is 0. The van der Waals surface area contributed by atoms with E-state index >= 15 is 0 Å². The molecular weight excluding hydrogens is 243 g/mol. The molecule has 2 nitrogen and oxygen atoms in total. The fourth-order valence-corrected chi connectivity index (χ4v) is 2.30. The molecule has 0 aromatic heterocycles. The summed E-state index contributed by atoms with van der Waals surface area (Å²) in [5.74, 6) is -3.16. The van der Waals surface area contributed by atoms with Crippen LogP contribution in [-0.2, 0) is 0 Å². The SMILES string of the molecule is CC[C@H](Oc1c(F)cc(F)cc1F)[C@H]1CCNC1. The molecule has 1 heterocycles. The largest absolute Gasteiger partial charge is 0.484 e. The Morgan fingerprint density at radius 2 is 2.00 bits per heavy atom. The van der Waals surface area contributed by atoms with Crippen molar-refractivity contribution in [3.63, 3.8) is 0 Å². The first-order valence-corrected chi connectivity index (χ1v) is 6.13. The Labute approximate surface area is 104 Å². The maximum absolute atomic E-state index is 13.5. The third kappa shape index (κ3) is 2.77. The van der Waals surface area contributed by atoms with Gasteiger partial charge in [0.2, 0.25) is 0 Å². The van der Waals surface area contributed by atoms with Crippen molar-refractivity contribution in [2.24, 2.45) is 5.92 Å². The highest BCUT2D eigenvalue weighted by Crippen LogP contribution is 2.27. The van der Waals surface area contributed by atoms with Crippen molar-refractivity contribution in [2.75, 3.05) is 13.1 Å². The Morgan fingerprint density at radius 3 is 2.50 bits per heavy atom. The summed E-state index contributed by atoms with van der Waals surface area (Å²) >= 11 is 0. The predicted octanol–water partition coefficient (Wildman–Crippen LogP) is 2.87. The quantitative estimate of drug-likeness (QED) is 0.897. The molecule has 5 heteroatoms. The zero-order chi connectivity index (χ0) is 13.1. The van der Waals surface area contributed by atoms with Gasteiger partial charge in [-0.1, -0.05) is 6.92 Å². The van der Waals surface area contributed by atoms with Crippen LogP contribution in [0.5, 0.6) is 5.75 Å². The molecule has 100 valence electrons. The van der Waals surface area contributed by atoms with Crippen molar-refractivity contribution in [3.8, 4) is 5.75 Å². The molecule has 1 aliphatic rings. The Hall–Kier alpha value is -1.23. The van der Waals surface area contributed by atoms with Crippen LogP contribution in [0.1, 0.15) is 19.8 Å². The number of hydrogen-bond acceptors (Lipinski definition) is 2. The third-order valence-electron chi connectivity index (χ3n) is 3.26. The van der Waals surface area contributed by atoms with Crippen molar-refractivity contribution in [3.05, 3.63) is 29.6 Å². The van der Waals surface area contributed by atoms with Crippen LogP contribution in [0, 0.1) is 23.4 Å². The Balaban J connectivity index is 2.16. The highest BCUT2D eigenvalue weighted by molar-refractivity contribution is 5.27. The Bertz CT molecular complexity index is 396. The van der Waals surface area contributed by atoms with E-state index in [1.807, 2.05) is 6.92 Å². The van der Waals surface area contributed by atoms with Crippen molar-refractivity contribution < 1.29 is 17.9 Å². The second kappa shape index (κ2) is 5.61. The van der Waals surface area contributed by atoms with Gasteiger partial charge in [-0.25, -0.2) is 13.2 Å². The standard InChI is InChI=1S/C13H16F3NO/c1-2-12(8-3-4-17-7-8)18-13-10(15)5-9(14)6-11(13)16/h5-6,8,12,17H,2-4,7H2,1H3/t8-,12-/m0/s1. The second-order valence-corrected chi connectivity index (χ2v) is 4.52. The fourth-order valence-electron chi connectivity index (χ4n) is 2.30. The van der Waals surface area contributed by atoms with Crippen molar-refractivity contribution >= 4 is 0 Å². The van der Waals surface area contributed by atoms with Crippen LogP contribution in [0.4, 0.5) is 13.2 Å².